The number of allylic oxidation sites excluding steroid dienone is 3. The van der Waals surface area contributed by atoms with Crippen LogP contribution in [0.3, 0.4) is 0 Å². The molecule has 0 aromatic rings. The third-order valence-corrected chi connectivity index (χ3v) is 0.503. The Morgan fingerprint density at radius 1 is 1.50 bits per heavy atom. The van der Waals surface area contributed by atoms with Gasteiger partial charge in [-0.05, 0) is 6.08 Å². The van der Waals surface area contributed by atoms with Gasteiger partial charge in [0.2, 0.25) is 0 Å². The molecule has 0 saturated heterocycles. The maximum atomic E-state index is 8.05. The topological polar surface area (TPSA) is 47.6 Å². The lowest BCUT2D eigenvalue weighted by Crippen LogP contribution is -1.61. The number of hydrogen-bond donors (Lipinski definition) is 0. The lowest BCUT2D eigenvalue weighted by Gasteiger charge is -1.71. The molecule has 2 heteroatoms. The van der Waals surface area contributed by atoms with Crippen molar-refractivity contribution in [2.75, 3.05) is 0 Å². The highest BCUT2D eigenvalue weighted by Crippen LogP contribution is 1.86. The lowest BCUT2D eigenvalue weighted by atomic mass is 10.3. The van der Waals surface area contributed by atoms with E-state index < -0.39 is 0 Å². The molecule has 0 saturated carbocycles. The van der Waals surface area contributed by atoms with Crippen LogP contribution in [0.4, 0.5) is 0 Å². The molecule has 0 fully saturated rings. The van der Waals surface area contributed by atoms with Crippen LogP contribution in [0.25, 0.3) is 0 Å². The maximum Gasteiger partial charge on any atom is 0.0985 e. The summed E-state index contributed by atoms with van der Waals surface area (Å²) in [6.07, 6.45) is 2.57. The summed E-state index contributed by atoms with van der Waals surface area (Å²) in [4.78, 5) is 0. The second-order valence-electron chi connectivity index (χ2n) is 1.10. The molecular weight excluding hydrogens is 100 g/mol. The van der Waals surface area contributed by atoms with E-state index >= 15 is 0 Å². The quantitative estimate of drug-likeness (QED) is 0.370. The molecule has 0 aliphatic heterocycles. The Kier molecular flexibility index (Phi) is 2.94. The first-order valence-corrected chi connectivity index (χ1v) is 1.96. The van der Waals surface area contributed by atoms with Gasteiger partial charge in [-0.1, -0.05) is 6.58 Å². The molecule has 38 valence electrons. The zero-order chi connectivity index (χ0) is 6.41. The zero-order valence-electron chi connectivity index (χ0n) is 4.26. The minimum atomic E-state index is 0.298. The minimum Gasteiger partial charge on any atom is -0.193 e. The molecule has 0 aromatic carbocycles. The van der Waals surface area contributed by atoms with E-state index in [1.165, 1.54) is 12.2 Å². The van der Waals surface area contributed by atoms with E-state index in [0.29, 0.717) is 5.57 Å². The van der Waals surface area contributed by atoms with Crippen molar-refractivity contribution in [1.29, 1.82) is 10.5 Å². The third-order valence-electron chi connectivity index (χ3n) is 0.503. The van der Waals surface area contributed by atoms with Gasteiger partial charge in [0.05, 0.1) is 12.1 Å². The summed E-state index contributed by atoms with van der Waals surface area (Å²) in [7, 11) is 0. The number of hydrogen-bond acceptors (Lipinski definition) is 2. The van der Waals surface area contributed by atoms with Crippen LogP contribution in [0.15, 0.2) is 24.3 Å². The summed E-state index contributed by atoms with van der Waals surface area (Å²) in [5.74, 6) is 0. The molecule has 0 rings (SSSR count). The summed E-state index contributed by atoms with van der Waals surface area (Å²) in [5.41, 5.74) is 0.298. The Hall–Kier alpha value is -1.54. The smallest absolute Gasteiger partial charge is 0.0985 e. The van der Waals surface area contributed by atoms with E-state index in [0.717, 1.165) is 0 Å². The van der Waals surface area contributed by atoms with E-state index in [1.54, 1.807) is 12.1 Å². The van der Waals surface area contributed by atoms with Crippen molar-refractivity contribution in [3.8, 4) is 12.1 Å². The largest absolute Gasteiger partial charge is 0.193 e. The van der Waals surface area contributed by atoms with Crippen LogP contribution in [0, 0.1) is 22.7 Å². The second kappa shape index (κ2) is 3.64. The maximum absolute atomic E-state index is 8.05. The lowest BCUT2D eigenvalue weighted by molar-refractivity contribution is 1.50. The van der Waals surface area contributed by atoms with Crippen LogP contribution >= 0.6 is 0 Å². The van der Waals surface area contributed by atoms with Crippen LogP contribution in [-0.2, 0) is 0 Å². The van der Waals surface area contributed by atoms with Gasteiger partial charge in [-0.2, -0.15) is 10.5 Å². The van der Waals surface area contributed by atoms with E-state index in [2.05, 4.69) is 6.58 Å². The van der Waals surface area contributed by atoms with Gasteiger partial charge in [0.25, 0.3) is 0 Å². The molecule has 2 nitrogen and oxygen atoms in total. The molecular formula is C6H4N2. The van der Waals surface area contributed by atoms with Crippen molar-refractivity contribution < 1.29 is 0 Å². The highest BCUT2D eigenvalue weighted by molar-refractivity contribution is 5.31. The van der Waals surface area contributed by atoms with Crippen LogP contribution in [-0.4, -0.2) is 0 Å². The van der Waals surface area contributed by atoms with Crippen LogP contribution in [0.1, 0.15) is 0 Å². The third kappa shape index (κ3) is 2.68. The van der Waals surface area contributed by atoms with E-state index in [1.807, 2.05) is 0 Å². The van der Waals surface area contributed by atoms with Crippen molar-refractivity contribution in [2.45, 2.75) is 0 Å². The fourth-order valence-electron chi connectivity index (χ4n) is 0.175. The first-order chi connectivity index (χ1) is 3.81. The summed E-state index contributed by atoms with van der Waals surface area (Å²) in [6.45, 7) is 3.31. The monoisotopic (exact) mass is 104 g/mol. The van der Waals surface area contributed by atoms with Gasteiger partial charge in [-0.15, -0.1) is 0 Å². The highest BCUT2D eigenvalue weighted by atomic mass is 14.2. The van der Waals surface area contributed by atoms with Crippen molar-refractivity contribution in [2.24, 2.45) is 0 Å². The fraction of sp³-hybridized carbons (Fsp3) is 0. The molecule has 0 aliphatic carbocycles. The Morgan fingerprint density at radius 2 is 2.12 bits per heavy atom. The summed E-state index contributed by atoms with van der Waals surface area (Å²) < 4.78 is 0. The average Bonchev–Trinajstić information content (AvgIpc) is 1.83. The summed E-state index contributed by atoms with van der Waals surface area (Å²) in [6, 6.07) is 3.51. The van der Waals surface area contributed by atoms with E-state index in [4.69, 9.17) is 10.5 Å². The van der Waals surface area contributed by atoms with Gasteiger partial charge in [0.15, 0.2) is 0 Å². The Balaban J connectivity index is 3.81. The molecule has 0 radical (unpaired) electrons. The van der Waals surface area contributed by atoms with E-state index in [9.17, 15) is 0 Å². The van der Waals surface area contributed by atoms with E-state index in [-0.39, 0.29) is 0 Å². The van der Waals surface area contributed by atoms with Crippen molar-refractivity contribution in [3.63, 3.8) is 0 Å². The molecule has 8 heavy (non-hydrogen) atoms. The van der Waals surface area contributed by atoms with Gasteiger partial charge in [-0.3, -0.25) is 0 Å². The van der Waals surface area contributed by atoms with Gasteiger partial charge < -0.3 is 0 Å². The van der Waals surface area contributed by atoms with Crippen LogP contribution in [0.2, 0.25) is 0 Å². The van der Waals surface area contributed by atoms with Gasteiger partial charge in [0, 0.05) is 11.6 Å². The Bertz CT molecular complexity index is 188. The number of nitrogens with zero attached hydrogens (tertiary/aromatic N) is 2. The molecule has 0 unspecified atom stereocenters. The molecule has 0 aliphatic rings. The first kappa shape index (κ1) is 6.46. The highest BCUT2D eigenvalue weighted by Gasteiger charge is 1.76. The predicted molar refractivity (Wildman–Crippen MR) is 29.5 cm³/mol. The average molecular weight is 104 g/mol. The standard InChI is InChI=1S/C6H4N2/c1-6(5-8)3-2-4-7/h2-3H,1H2. The Morgan fingerprint density at radius 3 is 2.50 bits per heavy atom. The summed E-state index contributed by atoms with van der Waals surface area (Å²) >= 11 is 0. The van der Waals surface area contributed by atoms with Crippen molar-refractivity contribution in [3.05, 3.63) is 24.3 Å². The van der Waals surface area contributed by atoms with Crippen LogP contribution in [0.5, 0.6) is 0 Å². The Labute approximate surface area is 48.0 Å². The summed E-state index contributed by atoms with van der Waals surface area (Å²) in [5, 5.41) is 16.0. The molecule has 0 heterocycles. The molecule has 0 atom stereocenters. The minimum absolute atomic E-state index is 0.298. The van der Waals surface area contributed by atoms with Crippen molar-refractivity contribution >= 4 is 0 Å². The normalized spacial score (nSPS) is 7.75. The molecule has 0 amide bonds. The predicted octanol–water partition coefficient (Wildman–Crippen LogP) is 1.15. The number of rotatable bonds is 1. The van der Waals surface area contributed by atoms with Crippen LogP contribution < -0.4 is 0 Å². The number of nitriles is 2. The second-order valence-corrected chi connectivity index (χ2v) is 1.10. The SMILES string of the molecule is C=C(C#N)C=CC#N. The zero-order valence-corrected chi connectivity index (χ0v) is 4.26. The fourth-order valence-corrected chi connectivity index (χ4v) is 0.175. The molecule has 0 N–H and O–H groups in total. The van der Waals surface area contributed by atoms with Gasteiger partial charge >= 0.3 is 0 Å². The van der Waals surface area contributed by atoms with Gasteiger partial charge in [0.1, 0.15) is 0 Å². The first-order valence-electron chi connectivity index (χ1n) is 1.96. The molecule has 0 aromatic heterocycles. The van der Waals surface area contributed by atoms with Gasteiger partial charge in [-0.25, -0.2) is 0 Å². The molecule has 0 bridgehead atoms. The van der Waals surface area contributed by atoms with Crippen molar-refractivity contribution in [1.82, 2.24) is 0 Å². The molecule has 0 spiro atoms.